The van der Waals surface area contributed by atoms with Crippen LogP contribution in [0.1, 0.15) is 45.6 Å². The predicted octanol–water partition coefficient (Wildman–Crippen LogP) is 4.56. The van der Waals surface area contributed by atoms with Crippen LogP contribution in [0.5, 0.6) is 0 Å². The van der Waals surface area contributed by atoms with Gasteiger partial charge in [-0.15, -0.1) is 0 Å². The monoisotopic (exact) mass is 254 g/mol. The average molecular weight is 254 g/mol. The molecule has 2 bridgehead atoms. The Morgan fingerprint density at radius 1 is 0.947 bits per heavy atom. The lowest BCUT2D eigenvalue weighted by Gasteiger charge is -2.40. The van der Waals surface area contributed by atoms with Gasteiger partial charge in [0.2, 0.25) is 0 Å². The van der Waals surface area contributed by atoms with Gasteiger partial charge in [0.25, 0.3) is 0 Å². The Hall–Kier alpha value is -1.18. The summed E-state index contributed by atoms with van der Waals surface area (Å²) in [4.78, 5) is 0. The molecule has 3 aliphatic rings. The highest BCUT2D eigenvalue weighted by Crippen LogP contribution is 2.73. The van der Waals surface area contributed by atoms with E-state index in [1.807, 2.05) is 0 Å². The lowest BCUT2D eigenvalue weighted by Crippen LogP contribution is -2.44. The van der Waals surface area contributed by atoms with Crippen LogP contribution in [0.2, 0.25) is 0 Å². The van der Waals surface area contributed by atoms with E-state index in [9.17, 15) is 0 Å². The van der Waals surface area contributed by atoms with E-state index in [1.54, 1.807) is 0 Å². The van der Waals surface area contributed by atoms with E-state index in [1.165, 1.54) is 24.8 Å². The van der Waals surface area contributed by atoms with Crippen molar-refractivity contribution in [2.24, 2.45) is 27.5 Å². The van der Waals surface area contributed by atoms with Crippen LogP contribution in [0.25, 0.3) is 0 Å². The summed E-state index contributed by atoms with van der Waals surface area (Å²) in [5.41, 5.74) is 1.45. The predicted molar refractivity (Wildman–Crippen MR) is 76.0 cm³/mol. The van der Waals surface area contributed by atoms with E-state index >= 15 is 0 Å². The Kier molecular flexibility index (Phi) is 2.01. The third-order valence-corrected chi connectivity index (χ3v) is 6.62. The first-order valence-corrected chi connectivity index (χ1v) is 7.54. The zero-order valence-electron chi connectivity index (χ0n) is 12.1. The van der Waals surface area contributed by atoms with Gasteiger partial charge in [-0.05, 0) is 37.2 Å². The fourth-order valence-electron chi connectivity index (χ4n) is 5.35. The molecule has 2 fully saturated rings. The Bertz CT molecular complexity index is 548. The highest BCUT2D eigenvalue weighted by Gasteiger charge is 2.75. The molecule has 0 unspecified atom stereocenters. The Balaban J connectivity index is 1.98. The van der Waals surface area contributed by atoms with Gasteiger partial charge in [-0.1, -0.05) is 50.6 Å². The first kappa shape index (κ1) is 11.6. The Labute approximate surface area is 115 Å². The van der Waals surface area contributed by atoms with Crippen LogP contribution in [0.15, 0.2) is 40.6 Å². The molecule has 1 aliphatic heterocycles. The second-order valence-corrected chi connectivity index (χ2v) is 7.25. The first-order valence-electron chi connectivity index (χ1n) is 7.54. The average Bonchev–Trinajstić information content (AvgIpc) is 3.00. The fraction of sp³-hybridized carbons (Fsp3) is 0.647. The van der Waals surface area contributed by atoms with E-state index in [0.29, 0.717) is 5.92 Å². The van der Waals surface area contributed by atoms with Crippen LogP contribution in [-0.2, 0) is 5.54 Å². The molecular weight excluding hydrogens is 232 g/mol. The molecule has 2 heteroatoms. The molecule has 0 N–H and O–H groups in total. The molecule has 4 rings (SSSR count). The maximum Gasteiger partial charge on any atom is 0.117 e. The molecule has 4 atom stereocenters. The minimum atomic E-state index is -0.0792. The summed E-state index contributed by atoms with van der Waals surface area (Å²) in [6.45, 7) is 7.12. The SMILES string of the molecule is CC1(C)[C@]2(C)N=N[C@@]1(c1ccccc1)[C@H]1CCC[C@H]12. The van der Waals surface area contributed by atoms with E-state index in [4.69, 9.17) is 10.2 Å². The number of benzene rings is 1. The van der Waals surface area contributed by atoms with Gasteiger partial charge in [0.15, 0.2) is 0 Å². The molecule has 2 saturated carbocycles. The van der Waals surface area contributed by atoms with Crippen molar-refractivity contribution in [3.05, 3.63) is 35.9 Å². The van der Waals surface area contributed by atoms with Crippen molar-refractivity contribution in [3.8, 4) is 0 Å². The van der Waals surface area contributed by atoms with Gasteiger partial charge in [-0.3, -0.25) is 0 Å². The van der Waals surface area contributed by atoms with Crippen LogP contribution in [0.3, 0.4) is 0 Å². The quantitative estimate of drug-likeness (QED) is 0.701. The van der Waals surface area contributed by atoms with Gasteiger partial charge >= 0.3 is 0 Å². The van der Waals surface area contributed by atoms with E-state index in [-0.39, 0.29) is 16.5 Å². The second-order valence-electron chi connectivity index (χ2n) is 7.25. The molecule has 2 nitrogen and oxygen atoms in total. The molecule has 0 radical (unpaired) electrons. The van der Waals surface area contributed by atoms with Gasteiger partial charge in [-0.2, -0.15) is 10.2 Å². The molecule has 2 aliphatic carbocycles. The number of hydrogen-bond acceptors (Lipinski definition) is 2. The third kappa shape index (κ3) is 1.03. The van der Waals surface area contributed by atoms with Crippen LogP contribution in [-0.4, -0.2) is 5.54 Å². The molecule has 0 aromatic heterocycles. The summed E-state index contributed by atoms with van der Waals surface area (Å²) in [6, 6.07) is 10.9. The number of fused-ring (bicyclic) bond motifs is 5. The maximum absolute atomic E-state index is 4.90. The van der Waals surface area contributed by atoms with E-state index in [0.717, 1.165) is 5.92 Å². The molecule has 0 saturated heterocycles. The highest BCUT2D eigenvalue weighted by molar-refractivity contribution is 5.39. The molecular formula is C17H22N2. The van der Waals surface area contributed by atoms with Crippen LogP contribution >= 0.6 is 0 Å². The molecule has 1 heterocycles. The van der Waals surface area contributed by atoms with Gasteiger partial charge in [0.1, 0.15) is 5.54 Å². The largest absolute Gasteiger partial charge is 0.186 e. The van der Waals surface area contributed by atoms with Gasteiger partial charge in [0, 0.05) is 5.41 Å². The van der Waals surface area contributed by atoms with Crippen molar-refractivity contribution < 1.29 is 0 Å². The molecule has 0 spiro atoms. The lowest BCUT2D eigenvalue weighted by molar-refractivity contribution is 0.152. The minimum Gasteiger partial charge on any atom is -0.186 e. The zero-order valence-corrected chi connectivity index (χ0v) is 12.1. The summed E-state index contributed by atoms with van der Waals surface area (Å²) in [6.07, 6.45) is 4.00. The molecule has 100 valence electrons. The topological polar surface area (TPSA) is 24.7 Å². The summed E-state index contributed by atoms with van der Waals surface area (Å²) in [5.74, 6) is 1.41. The summed E-state index contributed by atoms with van der Waals surface area (Å²) in [5, 5.41) is 9.70. The van der Waals surface area contributed by atoms with E-state index in [2.05, 4.69) is 51.1 Å². The fourth-order valence-corrected chi connectivity index (χ4v) is 5.35. The first-order chi connectivity index (χ1) is 9.04. The van der Waals surface area contributed by atoms with Crippen LogP contribution in [0.4, 0.5) is 0 Å². The third-order valence-electron chi connectivity index (χ3n) is 6.62. The standard InChI is InChI=1S/C17H22N2/c1-15(2)16(3)13-10-7-11-14(13)17(15,19-18-16)12-8-5-4-6-9-12/h4-6,8-9,13-14H,7,10-11H2,1-3H3/t13-,14+,16-,17+/m1/s1. The van der Waals surface area contributed by atoms with Gasteiger partial charge in [-0.25, -0.2) is 0 Å². The van der Waals surface area contributed by atoms with Gasteiger partial charge < -0.3 is 0 Å². The molecule has 19 heavy (non-hydrogen) atoms. The summed E-state index contributed by atoms with van der Waals surface area (Å²) in [7, 11) is 0. The van der Waals surface area contributed by atoms with Crippen molar-refractivity contribution in [2.75, 3.05) is 0 Å². The molecule has 0 amide bonds. The lowest BCUT2D eigenvalue weighted by atomic mass is 9.63. The summed E-state index contributed by atoms with van der Waals surface area (Å²) < 4.78 is 0. The number of nitrogens with zero attached hydrogens (tertiary/aromatic N) is 2. The van der Waals surface area contributed by atoms with Crippen molar-refractivity contribution in [2.45, 2.75) is 51.1 Å². The zero-order chi connectivity index (χ0) is 13.3. The number of azo groups is 1. The van der Waals surface area contributed by atoms with Crippen molar-refractivity contribution in [1.82, 2.24) is 0 Å². The minimum absolute atomic E-state index is 0.0318. The van der Waals surface area contributed by atoms with E-state index < -0.39 is 0 Å². The normalized spacial score (nSPS) is 45.6. The second kappa shape index (κ2) is 3.28. The smallest absolute Gasteiger partial charge is 0.117 e. The van der Waals surface area contributed by atoms with Crippen molar-refractivity contribution >= 4 is 0 Å². The number of hydrogen-bond donors (Lipinski definition) is 0. The Morgan fingerprint density at radius 2 is 1.63 bits per heavy atom. The summed E-state index contributed by atoms with van der Waals surface area (Å²) >= 11 is 0. The molecule has 1 aromatic rings. The van der Waals surface area contributed by atoms with Crippen LogP contribution in [0, 0.1) is 17.3 Å². The van der Waals surface area contributed by atoms with Crippen LogP contribution < -0.4 is 0 Å². The maximum atomic E-state index is 4.90. The molecule has 1 aromatic carbocycles. The van der Waals surface area contributed by atoms with Gasteiger partial charge in [0.05, 0.1) is 5.54 Å². The Morgan fingerprint density at radius 3 is 2.37 bits per heavy atom. The highest BCUT2D eigenvalue weighted by atomic mass is 15.3. The van der Waals surface area contributed by atoms with Crippen molar-refractivity contribution in [1.29, 1.82) is 0 Å². The number of rotatable bonds is 1. The van der Waals surface area contributed by atoms with Crippen molar-refractivity contribution in [3.63, 3.8) is 0 Å².